The zero-order chi connectivity index (χ0) is 16.3. The van der Waals surface area contributed by atoms with Crippen LogP contribution >= 0.6 is 0 Å². The number of hydrogen-bond donors (Lipinski definition) is 2. The number of nitrogens with zero attached hydrogens (tertiary/aromatic N) is 3. The molecule has 1 atom stereocenters. The Labute approximate surface area is 130 Å². The first-order chi connectivity index (χ1) is 10.2. The van der Waals surface area contributed by atoms with Crippen molar-refractivity contribution in [1.82, 2.24) is 9.78 Å². The topological polar surface area (TPSA) is 85.2 Å². The summed E-state index contributed by atoms with van der Waals surface area (Å²) in [6.45, 7) is 6.99. The second-order valence-electron chi connectivity index (χ2n) is 6.49. The Morgan fingerprint density at radius 2 is 2.32 bits per heavy atom. The van der Waals surface area contributed by atoms with Gasteiger partial charge in [-0.05, 0) is 26.8 Å². The van der Waals surface area contributed by atoms with Gasteiger partial charge in [-0.15, -0.1) is 0 Å². The van der Waals surface area contributed by atoms with E-state index in [0.29, 0.717) is 24.0 Å². The van der Waals surface area contributed by atoms with E-state index < -0.39 is 11.7 Å². The fourth-order valence-electron chi connectivity index (χ4n) is 2.24. The number of carbonyl (C=O) groups excluding carboxylic acids is 1. The number of aromatic nitrogens is 2. The van der Waals surface area contributed by atoms with E-state index in [1.807, 2.05) is 40.1 Å². The Morgan fingerprint density at radius 3 is 2.95 bits per heavy atom. The number of anilines is 2. The lowest BCUT2D eigenvalue weighted by atomic mass is 10.1. The normalized spacial score (nSPS) is 18.0. The van der Waals surface area contributed by atoms with Gasteiger partial charge in [0.15, 0.2) is 12.8 Å². The second-order valence-corrected chi connectivity index (χ2v) is 6.49. The summed E-state index contributed by atoms with van der Waals surface area (Å²) < 4.78 is 9.02. The van der Waals surface area contributed by atoms with E-state index >= 15 is 0 Å². The number of allylic oxidation sites excluding steroid dienone is 1. The molecule has 7 heteroatoms. The van der Waals surface area contributed by atoms with Crippen LogP contribution in [0.15, 0.2) is 18.3 Å². The van der Waals surface area contributed by atoms with Gasteiger partial charge in [0.2, 0.25) is 0 Å². The number of nitrogens with two attached hydrogens (primary N) is 1. The van der Waals surface area contributed by atoms with Gasteiger partial charge in [0.25, 0.3) is 0 Å². The van der Waals surface area contributed by atoms with E-state index in [-0.39, 0.29) is 0 Å². The summed E-state index contributed by atoms with van der Waals surface area (Å²) in [5.74, 6) is 0.753. The zero-order valence-corrected chi connectivity index (χ0v) is 13.5. The van der Waals surface area contributed by atoms with Gasteiger partial charge in [-0.3, -0.25) is 5.32 Å². The molecule has 7 nitrogen and oxygen atoms in total. The molecule has 0 radical (unpaired) electrons. The first-order valence-electron chi connectivity index (χ1n) is 7.28. The predicted octanol–water partition coefficient (Wildman–Crippen LogP) is 1.71. The van der Waals surface area contributed by atoms with Gasteiger partial charge in [-0.25, -0.2) is 14.1 Å². The van der Waals surface area contributed by atoms with Crippen LogP contribution in [0.5, 0.6) is 0 Å². The van der Waals surface area contributed by atoms with Gasteiger partial charge in [0.05, 0.1) is 18.7 Å². The molecule has 0 saturated carbocycles. The van der Waals surface area contributed by atoms with Crippen LogP contribution in [0.1, 0.15) is 20.8 Å². The van der Waals surface area contributed by atoms with Crippen molar-refractivity contribution in [2.24, 2.45) is 5.92 Å². The van der Waals surface area contributed by atoms with Crippen molar-refractivity contribution in [3.63, 3.8) is 0 Å². The predicted molar refractivity (Wildman–Crippen MR) is 86.2 cm³/mol. The lowest BCUT2D eigenvalue weighted by molar-refractivity contribution is -0.499. The van der Waals surface area contributed by atoms with Crippen LogP contribution in [0, 0.1) is 5.92 Å². The molecule has 22 heavy (non-hydrogen) atoms. The molecule has 0 bridgehead atoms. The molecule has 0 saturated heterocycles. The standard InChI is InChI=1S/C15H23N5O2/c1-15(2,3)22-14(21)18-12-8-17-20(13(12)16)10-11-6-5-7-19(4)9-11/h5-8,11H,9-10H2,1-4H3,(H2-,16,17,18,21)/p+1. The molecule has 2 heterocycles. The molecule has 1 aliphatic heterocycles. The van der Waals surface area contributed by atoms with Gasteiger partial charge < -0.3 is 10.5 Å². The first-order valence-corrected chi connectivity index (χ1v) is 7.28. The van der Waals surface area contributed by atoms with Crippen LogP contribution in [0.2, 0.25) is 0 Å². The monoisotopic (exact) mass is 306 g/mol. The molecule has 1 aromatic heterocycles. The van der Waals surface area contributed by atoms with Crippen LogP contribution in [-0.4, -0.2) is 45.9 Å². The Kier molecular flexibility index (Phi) is 4.54. The Morgan fingerprint density at radius 1 is 1.59 bits per heavy atom. The molecule has 1 amide bonds. The molecule has 0 aliphatic carbocycles. The Hall–Kier alpha value is -2.31. The van der Waals surface area contributed by atoms with Gasteiger partial charge in [-0.1, -0.05) is 6.08 Å². The van der Waals surface area contributed by atoms with Crippen LogP contribution < -0.4 is 11.1 Å². The third-order valence-corrected chi connectivity index (χ3v) is 3.17. The number of amides is 1. The van der Waals surface area contributed by atoms with E-state index in [2.05, 4.69) is 21.1 Å². The maximum absolute atomic E-state index is 11.8. The summed E-state index contributed by atoms with van der Waals surface area (Å²) in [6.07, 6.45) is 7.18. The average Bonchev–Trinajstić information content (AvgIpc) is 2.69. The zero-order valence-electron chi connectivity index (χ0n) is 13.5. The minimum atomic E-state index is -0.553. The highest BCUT2D eigenvalue weighted by molar-refractivity contribution is 5.88. The lowest BCUT2D eigenvalue weighted by Gasteiger charge is -2.19. The first kappa shape index (κ1) is 16.1. The molecule has 3 N–H and O–H groups in total. The Balaban J connectivity index is 1.99. The molecule has 1 aromatic rings. The minimum Gasteiger partial charge on any atom is -0.444 e. The van der Waals surface area contributed by atoms with Crippen molar-refractivity contribution in [2.75, 3.05) is 24.6 Å². The van der Waals surface area contributed by atoms with E-state index in [4.69, 9.17) is 10.5 Å². The minimum absolute atomic E-state index is 0.326. The molecule has 0 aromatic carbocycles. The molecular weight excluding hydrogens is 282 g/mol. The van der Waals surface area contributed by atoms with Crippen LogP contribution in [-0.2, 0) is 11.3 Å². The summed E-state index contributed by atoms with van der Waals surface area (Å²) in [7, 11) is 2.03. The second kappa shape index (κ2) is 6.21. The number of nitrogens with one attached hydrogen (secondary N) is 1. The van der Waals surface area contributed by atoms with E-state index in [1.165, 1.54) is 0 Å². The van der Waals surface area contributed by atoms with Gasteiger partial charge in [0, 0.05) is 0 Å². The summed E-state index contributed by atoms with van der Waals surface area (Å²) in [6, 6.07) is 0. The van der Waals surface area contributed by atoms with Crippen molar-refractivity contribution in [3.05, 3.63) is 18.3 Å². The largest absolute Gasteiger partial charge is 0.444 e. The van der Waals surface area contributed by atoms with Crippen LogP contribution in [0.3, 0.4) is 0 Å². The summed E-state index contributed by atoms with van der Waals surface area (Å²) in [5, 5.41) is 6.87. The third-order valence-electron chi connectivity index (χ3n) is 3.17. The SMILES string of the molecule is C[N+]1=CC=CC(Cn2ncc(NC(=O)OC(C)(C)C)c2N)C1. The quantitative estimate of drug-likeness (QED) is 0.833. The van der Waals surface area contributed by atoms with Crippen LogP contribution in [0.25, 0.3) is 0 Å². The van der Waals surface area contributed by atoms with E-state index in [9.17, 15) is 4.79 Å². The smallest absolute Gasteiger partial charge is 0.412 e. The highest BCUT2D eigenvalue weighted by Crippen LogP contribution is 2.20. The highest BCUT2D eigenvalue weighted by Gasteiger charge is 2.20. The lowest BCUT2D eigenvalue weighted by Crippen LogP contribution is -2.27. The summed E-state index contributed by atoms with van der Waals surface area (Å²) in [5.41, 5.74) is 5.97. The van der Waals surface area contributed by atoms with Crippen molar-refractivity contribution in [1.29, 1.82) is 0 Å². The van der Waals surface area contributed by atoms with Gasteiger partial charge >= 0.3 is 6.09 Å². The molecule has 0 fully saturated rings. The summed E-state index contributed by atoms with van der Waals surface area (Å²) >= 11 is 0. The molecule has 1 unspecified atom stereocenters. The third kappa shape index (κ3) is 4.34. The average molecular weight is 306 g/mol. The fraction of sp³-hybridized carbons (Fsp3) is 0.533. The maximum atomic E-state index is 11.8. The molecule has 0 spiro atoms. The van der Waals surface area contributed by atoms with Gasteiger partial charge in [-0.2, -0.15) is 5.10 Å². The molecule has 120 valence electrons. The fourth-order valence-corrected chi connectivity index (χ4v) is 2.24. The number of ether oxygens (including phenoxy) is 1. The van der Waals surface area contributed by atoms with E-state index in [1.54, 1.807) is 10.9 Å². The maximum Gasteiger partial charge on any atom is 0.412 e. The number of carbonyl (C=O) groups is 1. The van der Waals surface area contributed by atoms with Crippen molar-refractivity contribution < 1.29 is 14.1 Å². The van der Waals surface area contributed by atoms with Crippen molar-refractivity contribution in [2.45, 2.75) is 32.9 Å². The number of nitrogen functional groups attached to an aromatic ring is 1. The van der Waals surface area contributed by atoms with Gasteiger partial charge in [0.1, 0.15) is 24.2 Å². The van der Waals surface area contributed by atoms with Crippen LogP contribution in [0.4, 0.5) is 16.3 Å². The molecular formula is C15H24N5O2+. The number of rotatable bonds is 3. The highest BCUT2D eigenvalue weighted by atomic mass is 16.6. The Bertz CT molecular complexity index is 610. The van der Waals surface area contributed by atoms with Crippen molar-refractivity contribution in [3.8, 4) is 0 Å². The molecule has 1 aliphatic rings. The summed E-state index contributed by atoms with van der Waals surface area (Å²) in [4.78, 5) is 11.8. The molecule has 2 rings (SSSR count). The van der Waals surface area contributed by atoms with E-state index in [0.717, 1.165) is 6.54 Å². The number of hydrogen-bond acceptors (Lipinski definition) is 4. The van der Waals surface area contributed by atoms with Crippen molar-refractivity contribution >= 4 is 23.8 Å².